The number of halogens is 26. The van der Waals surface area contributed by atoms with Crippen LogP contribution in [-0.4, -0.2) is 144 Å². The maximum atomic E-state index is 14.2. The molecule has 0 amide bonds. The van der Waals surface area contributed by atoms with Crippen LogP contribution in [0.1, 0.15) is 19.3 Å². The first-order valence-electron chi connectivity index (χ1n) is 13.4. The molecule has 2 unspecified atom stereocenters. The SMILES string of the molecule is CN(C)CCCN(CC(O)CC(F)(F)C(F)(F)C(F)(F)C(F)(F)C(F)(F)C(F)(F)F)CC(O)CC(F)(F)C(F)(F)C(F)(F)C(F)(F)C(F)(F)C(F)(F)F. The van der Waals surface area contributed by atoms with Crippen molar-refractivity contribution in [1.29, 1.82) is 0 Å². The summed E-state index contributed by atoms with van der Waals surface area (Å²) >= 11 is 0. The Morgan fingerprint density at radius 3 is 0.849 bits per heavy atom. The number of hydrogen-bond donors (Lipinski definition) is 2. The molecule has 0 aromatic carbocycles. The van der Waals surface area contributed by atoms with E-state index < -0.39 is 123 Å². The Labute approximate surface area is 278 Å². The van der Waals surface area contributed by atoms with Crippen molar-refractivity contribution in [2.45, 2.75) is 103 Å². The van der Waals surface area contributed by atoms with Gasteiger partial charge in [0.15, 0.2) is 0 Å². The Hall–Kier alpha value is -1.98. The molecule has 0 saturated carbocycles. The first-order chi connectivity index (χ1) is 22.8. The summed E-state index contributed by atoms with van der Waals surface area (Å²) in [5, 5.41) is 19.6. The third-order valence-corrected chi connectivity index (χ3v) is 7.00. The van der Waals surface area contributed by atoms with Gasteiger partial charge in [-0.25, -0.2) is 0 Å². The van der Waals surface area contributed by atoms with Gasteiger partial charge >= 0.3 is 71.6 Å². The van der Waals surface area contributed by atoms with Gasteiger partial charge in [-0.15, -0.1) is 0 Å². The van der Waals surface area contributed by atoms with Gasteiger partial charge in [-0.1, -0.05) is 0 Å². The lowest BCUT2D eigenvalue weighted by Crippen LogP contribution is -2.70. The van der Waals surface area contributed by atoms with Crippen molar-refractivity contribution >= 4 is 0 Å². The molecule has 2 atom stereocenters. The molecule has 2 N–H and O–H groups in total. The Balaban J connectivity index is 6.45. The fourth-order valence-electron chi connectivity index (χ4n) is 4.05. The quantitative estimate of drug-likeness (QED) is 0.121. The van der Waals surface area contributed by atoms with Crippen molar-refractivity contribution < 1.29 is 124 Å². The number of alkyl halides is 26. The molecule has 0 rings (SSSR count). The van der Waals surface area contributed by atoms with Crippen molar-refractivity contribution in [2.24, 2.45) is 0 Å². The van der Waals surface area contributed by atoms with Crippen LogP contribution in [0.25, 0.3) is 0 Å². The van der Waals surface area contributed by atoms with E-state index in [-0.39, 0.29) is 11.4 Å². The summed E-state index contributed by atoms with van der Waals surface area (Å²) in [7, 11) is 2.49. The lowest BCUT2D eigenvalue weighted by molar-refractivity contribution is -0.440. The summed E-state index contributed by atoms with van der Waals surface area (Å²) in [4.78, 5) is 1.20. The second-order valence-corrected chi connectivity index (χ2v) is 11.6. The van der Waals surface area contributed by atoms with Gasteiger partial charge in [-0.3, -0.25) is 4.90 Å². The summed E-state index contributed by atoms with van der Waals surface area (Å²) in [5.74, 6) is -79.2. The molecule has 0 aliphatic heterocycles. The van der Waals surface area contributed by atoms with E-state index in [1.54, 1.807) is 0 Å². The van der Waals surface area contributed by atoms with Crippen molar-refractivity contribution in [3.8, 4) is 0 Å². The molecule has 53 heavy (non-hydrogen) atoms. The van der Waals surface area contributed by atoms with Gasteiger partial charge in [0.2, 0.25) is 0 Å². The summed E-state index contributed by atoms with van der Waals surface area (Å²) < 4.78 is 347. The highest BCUT2D eigenvalue weighted by Gasteiger charge is 2.92. The molecular weight excluding hydrogens is 830 g/mol. The lowest BCUT2D eigenvalue weighted by Gasteiger charge is -2.40. The fraction of sp³-hybridized carbons (Fsp3) is 1.00. The van der Waals surface area contributed by atoms with E-state index in [9.17, 15) is 124 Å². The summed E-state index contributed by atoms with van der Waals surface area (Å²) in [6.07, 6.45) is -29.6. The van der Waals surface area contributed by atoms with Crippen molar-refractivity contribution in [3.05, 3.63) is 0 Å². The van der Waals surface area contributed by atoms with E-state index >= 15 is 0 Å². The molecule has 4 nitrogen and oxygen atoms in total. The lowest BCUT2D eigenvalue weighted by atomic mass is 9.91. The van der Waals surface area contributed by atoms with Gasteiger partial charge in [0, 0.05) is 25.9 Å². The Kier molecular flexibility index (Phi) is 14.6. The van der Waals surface area contributed by atoms with E-state index in [1.807, 2.05) is 0 Å². The molecule has 0 aliphatic rings. The van der Waals surface area contributed by atoms with Gasteiger partial charge < -0.3 is 15.1 Å². The number of rotatable bonds is 20. The molecule has 0 radical (unpaired) electrons. The van der Waals surface area contributed by atoms with Gasteiger partial charge in [-0.2, -0.15) is 114 Å². The standard InChI is InChI=1S/C23H24F26N2O2/c1-50(2)4-3-5-51(8-10(52)6-12(24,25)14(28,29)16(32,33)18(36,37)20(40,41)22(44,45)46)9-11(53)7-13(26,27)15(30,31)17(34,35)19(38,39)21(42,43)23(47,48)49/h10-11,52-53H,3-9H2,1-2H3. The maximum absolute atomic E-state index is 14.2. The Morgan fingerprint density at radius 1 is 0.377 bits per heavy atom. The van der Waals surface area contributed by atoms with Crippen LogP contribution >= 0.6 is 0 Å². The van der Waals surface area contributed by atoms with E-state index in [4.69, 9.17) is 0 Å². The third-order valence-electron chi connectivity index (χ3n) is 7.00. The minimum absolute atomic E-state index is 0.00359. The molecular formula is C23H24F26N2O2. The fourth-order valence-corrected chi connectivity index (χ4v) is 4.05. The number of nitrogens with zero attached hydrogens (tertiary/aromatic N) is 2. The zero-order valence-electron chi connectivity index (χ0n) is 25.7. The first-order valence-corrected chi connectivity index (χ1v) is 13.4. The topological polar surface area (TPSA) is 46.9 Å². The summed E-state index contributed by atoms with van der Waals surface area (Å²) in [6.45, 7) is -5.08. The van der Waals surface area contributed by atoms with E-state index in [0.717, 1.165) is 0 Å². The van der Waals surface area contributed by atoms with Crippen LogP contribution in [0.2, 0.25) is 0 Å². The molecule has 0 heterocycles. The van der Waals surface area contributed by atoms with Crippen LogP contribution in [-0.2, 0) is 0 Å². The van der Waals surface area contributed by atoms with Crippen LogP contribution in [0, 0.1) is 0 Å². The molecule has 0 fully saturated rings. The third kappa shape index (κ3) is 9.19. The Morgan fingerprint density at radius 2 is 0.623 bits per heavy atom. The molecule has 0 aromatic rings. The highest BCUT2D eigenvalue weighted by molar-refractivity contribution is 5.12. The number of aliphatic hydroxyl groups is 2. The molecule has 0 bridgehead atoms. The van der Waals surface area contributed by atoms with Crippen LogP contribution in [0.5, 0.6) is 0 Å². The van der Waals surface area contributed by atoms with Crippen molar-refractivity contribution in [1.82, 2.24) is 9.80 Å². The zero-order chi connectivity index (χ0) is 43.3. The minimum atomic E-state index is -8.34. The Bertz CT molecular complexity index is 1110. The molecule has 0 saturated heterocycles. The first kappa shape index (κ1) is 51.0. The normalized spacial score (nSPS) is 17.2. The van der Waals surface area contributed by atoms with Crippen molar-refractivity contribution in [3.63, 3.8) is 0 Å². The highest BCUT2D eigenvalue weighted by atomic mass is 19.4. The minimum Gasteiger partial charge on any atom is -0.392 e. The number of aliphatic hydroxyl groups excluding tert-OH is 2. The average Bonchev–Trinajstić information content (AvgIpc) is 2.89. The largest absolute Gasteiger partial charge is 0.460 e. The molecule has 0 aliphatic carbocycles. The zero-order valence-corrected chi connectivity index (χ0v) is 25.7. The smallest absolute Gasteiger partial charge is 0.392 e. The van der Waals surface area contributed by atoms with Gasteiger partial charge in [-0.05, 0) is 33.6 Å². The van der Waals surface area contributed by atoms with Crippen LogP contribution in [0.15, 0.2) is 0 Å². The predicted molar refractivity (Wildman–Crippen MR) is 122 cm³/mol. The maximum Gasteiger partial charge on any atom is 0.460 e. The summed E-state index contributed by atoms with van der Waals surface area (Å²) in [6, 6.07) is 0. The van der Waals surface area contributed by atoms with E-state index in [1.165, 1.54) is 19.0 Å². The highest BCUT2D eigenvalue weighted by Crippen LogP contribution is 2.62. The van der Waals surface area contributed by atoms with Gasteiger partial charge in [0.05, 0.1) is 12.2 Å². The number of hydrogen-bond acceptors (Lipinski definition) is 4. The van der Waals surface area contributed by atoms with E-state index in [2.05, 4.69) is 0 Å². The van der Waals surface area contributed by atoms with Crippen LogP contribution in [0.3, 0.4) is 0 Å². The van der Waals surface area contributed by atoms with Crippen molar-refractivity contribution in [2.75, 3.05) is 40.3 Å². The molecule has 320 valence electrons. The van der Waals surface area contributed by atoms with Gasteiger partial charge in [0.25, 0.3) is 0 Å². The van der Waals surface area contributed by atoms with Gasteiger partial charge in [0.1, 0.15) is 0 Å². The van der Waals surface area contributed by atoms with Crippen LogP contribution in [0.4, 0.5) is 114 Å². The van der Waals surface area contributed by atoms with E-state index in [0.29, 0.717) is 0 Å². The average molecular weight is 854 g/mol. The summed E-state index contributed by atoms with van der Waals surface area (Å²) in [5.41, 5.74) is 0. The second kappa shape index (κ2) is 15.2. The molecule has 0 spiro atoms. The van der Waals surface area contributed by atoms with Crippen LogP contribution < -0.4 is 0 Å². The predicted octanol–water partition coefficient (Wildman–Crippen LogP) is 8.22. The monoisotopic (exact) mass is 854 g/mol. The second-order valence-electron chi connectivity index (χ2n) is 11.6. The molecule has 30 heteroatoms. The molecule has 0 aromatic heterocycles.